The van der Waals surface area contributed by atoms with Gasteiger partial charge < -0.3 is 10.6 Å². The van der Waals surface area contributed by atoms with Crippen LogP contribution in [0.25, 0.3) is 0 Å². The van der Waals surface area contributed by atoms with Gasteiger partial charge in [-0.15, -0.1) is 0 Å². The molecule has 4 amide bonds. The van der Waals surface area contributed by atoms with Gasteiger partial charge in [0.15, 0.2) is 0 Å². The summed E-state index contributed by atoms with van der Waals surface area (Å²) in [5.41, 5.74) is -0.0714. The summed E-state index contributed by atoms with van der Waals surface area (Å²) < 4.78 is 13.2. The van der Waals surface area contributed by atoms with Gasteiger partial charge in [0.25, 0.3) is 5.91 Å². The second-order valence-electron chi connectivity index (χ2n) is 8.43. The largest absolute Gasteiger partial charge is 0.347 e. The van der Waals surface area contributed by atoms with E-state index in [9.17, 15) is 18.8 Å². The molecule has 1 saturated heterocycles. The summed E-state index contributed by atoms with van der Waals surface area (Å²) in [4.78, 5) is 38.9. The quantitative estimate of drug-likeness (QED) is 0.760. The van der Waals surface area contributed by atoms with Crippen molar-refractivity contribution in [1.29, 1.82) is 0 Å². The zero-order valence-corrected chi connectivity index (χ0v) is 16.6. The predicted octanol–water partition coefficient (Wildman–Crippen LogP) is 3.14. The normalized spacial score (nSPS) is 25.9. The Labute approximate surface area is 164 Å². The van der Waals surface area contributed by atoms with Crippen LogP contribution in [0.2, 0.25) is 0 Å². The number of benzene rings is 1. The number of urea groups is 1. The molecule has 2 aliphatic rings. The van der Waals surface area contributed by atoms with Crippen LogP contribution in [0.1, 0.15) is 58.1 Å². The lowest BCUT2D eigenvalue weighted by molar-refractivity contribution is -0.136. The van der Waals surface area contributed by atoms with E-state index in [0.717, 1.165) is 23.3 Å². The minimum Gasteiger partial charge on any atom is -0.347 e. The Kier molecular flexibility index (Phi) is 5.72. The van der Waals surface area contributed by atoms with E-state index in [1.165, 1.54) is 12.1 Å². The molecule has 6 nitrogen and oxygen atoms in total. The highest BCUT2D eigenvalue weighted by Crippen LogP contribution is 2.36. The van der Waals surface area contributed by atoms with Crippen LogP contribution in [0.5, 0.6) is 0 Å². The number of amides is 4. The van der Waals surface area contributed by atoms with Crippen molar-refractivity contribution in [1.82, 2.24) is 15.5 Å². The minimum atomic E-state index is -0.849. The van der Waals surface area contributed by atoms with Crippen molar-refractivity contribution in [3.05, 3.63) is 35.6 Å². The highest BCUT2D eigenvalue weighted by Gasteiger charge is 2.52. The molecule has 152 valence electrons. The molecule has 1 aliphatic carbocycles. The first-order chi connectivity index (χ1) is 13.2. The van der Waals surface area contributed by atoms with E-state index in [1.807, 2.05) is 13.8 Å². The Morgan fingerprint density at radius 1 is 1.25 bits per heavy atom. The number of carbonyl (C=O) groups excluding carboxylic acids is 3. The molecule has 1 heterocycles. The van der Waals surface area contributed by atoms with Gasteiger partial charge in [-0.05, 0) is 55.2 Å². The van der Waals surface area contributed by atoms with E-state index in [-0.39, 0.29) is 30.2 Å². The number of carbonyl (C=O) groups is 3. The third-order valence-electron chi connectivity index (χ3n) is 5.89. The minimum absolute atomic E-state index is 0.0590. The molecule has 1 aliphatic heterocycles. The Balaban J connectivity index is 1.67. The monoisotopic (exact) mass is 389 g/mol. The summed E-state index contributed by atoms with van der Waals surface area (Å²) in [5, 5.41) is 5.71. The van der Waals surface area contributed by atoms with E-state index in [1.54, 1.807) is 12.1 Å². The average molecular weight is 389 g/mol. The Morgan fingerprint density at radius 2 is 1.86 bits per heavy atom. The number of hydrogen-bond donors (Lipinski definition) is 2. The molecule has 0 bridgehead atoms. The van der Waals surface area contributed by atoms with Gasteiger partial charge in [-0.1, -0.05) is 32.9 Å². The fourth-order valence-electron chi connectivity index (χ4n) is 4.08. The molecule has 1 saturated carbocycles. The highest BCUT2D eigenvalue weighted by atomic mass is 19.1. The summed E-state index contributed by atoms with van der Waals surface area (Å²) in [7, 11) is 0. The second kappa shape index (κ2) is 7.89. The Hall–Kier alpha value is -2.44. The standard InChI is InChI=1S/C21H28FN3O3/c1-13(2)18(15-4-6-16(22)7-5-15)23-17(26)12-25-19(27)21(24-20(25)28)10-8-14(3)9-11-21/h4-7,13-14,18H,8-12H2,1-3H3,(H,23,26)(H,24,28)/t14?,18-,21?/m0/s1. The molecule has 1 spiro atoms. The number of nitrogens with one attached hydrogen (secondary N) is 2. The molecule has 0 radical (unpaired) electrons. The summed E-state index contributed by atoms with van der Waals surface area (Å²) >= 11 is 0. The van der Waals surface area contributed by atoms with Crippen LogP contribution in [0.3, 0.4) is 0 Å². The van der Waals surface area contributed by atoms with Crippen molar-refractivity contribution < 1.29 is 18.8 Å². The third kappa shape index (κ3) is 4.03. The van der Waals surface area contributed by atoms with Gasteiger partial charge in [0.1, 0.15) is 17.9 Å². The van der Waals surface area contributed by atoms with Gasteiger partial charge in [-0.2, -0.15) is 0 Å². The summed E-state index contributed by atoms with van der Waals surface area (Å²) in [6, 6.07) is 5.12. The first-order valence-corrected chi connectivity index (χ1v) is 9.91. The molecule has 1 aromatic rings. The van der Waals surface area contributed by atoms with Gasteiger partial charge >= 0.3 is 6.03 Å². The van der Waals surface area contributed by atoms with Crippen LogP contribution in [0, 0.1) is 17.7 Å². The average Bonchev–Trinajstić information content (AvgIpc) is 2.87. The van der Waals surface area contributed by atoms with Crippen LogP contribution in [0.15, 0.2) is 24.3 Å². The number of rotatable bonds is 5. The molecular formula is C21H28FN3O3. The first-order valence-electron chi connectivity index (χ1n) is 9.91. The van der Waals surface area contributed by atoms with Crippen molar-refractivity contribution in [2.45, 2.75) is 58.0 Å². The molecule has 1 aromatic carbocycles. The van der Waals surface area contributed by atoms with Crippen molar-refractivity contribution in [3.8, 4) is 0 Å². The lowest BCUT2D eigenvalue weighted by atomic mass is 9.77. The number of halogens is 1. The van der Waals surface area contributed by atoms with Gasteiger partial charge in [0.05, 0.1) is 6.04 Å². The number of nitrogens with zero attached hydrogens (tertiary/aromatic N) is 1. The molecule has 0 unspecified atom stereocenters. The Morgan fingerprint density at radius 3 is 2.43 bits per heavy atom. The van der Waals surface area contributed by atoms with Gasteiger partial charge in [0.2, 0.25) is 5.91 Å². The van der Waals surface area contributed by atoms with E-state index in [2.05, 4.69) is 17.6 Å². The van der Waals surface area contributed by atoms with Gasteiger partial charge in [0, 0.05) is 0 Å². The first kappa shape index (κ1) is 20.3. The van der Waals surface area contributed by atoms with Crippen LogP contribution < -0.4 is 10.6 Å². The van der Waals surface area contributed by atoms with Gasteiger partial charge in [-0.25, -0.2) is 9.18 Å². The SMILES string of the molecule is CC1CCC2(CC1)NC(=O)N(CC(=O)N[C@H](c1ccc(F)cc1)C(C)C)C2=O. The van der Waals surface area contributed by atoms with Crippen molar-refractivity contribution in [2.24, 2.45) is 11.8 Å². The molecule has 3 rings (SSSR count). The molecule has 0 aromatic heterocycles. The molecule has 1 atom stereocenters. The molecule has 2 N–H and O–H groups in total. The molecule has 28 heavy (non-hydrogen) atoms. The summed E-state index contributed by atoms with van der Waals surface area (Å²) in [6.07, 6.45) is 2.99. The van der Waals surface area contributed by atoms with E-state index < -0.39 is 17.5 Å². The zero-order valence-electron chi connectivity index (χ0n) is 16.6. The van der Waals surface area contributed by atoms with E-state index in [0.29, 0.717) is 18.8 Å². The second-order valence-corrected chi connectivity index (χ2v) is 8.43. The molecule has 7 heteroatoms. The van der Waals surface area contributed by atoms with Crippen molar-refractivity contribution in [2.75, 3.05) is 6.54 Å². The predicted molar refractivity (Wildman–Crippen MR) is 103 cm³/mol. The summed E-state index contributed by atoms with van der Waals surface area (Å²) in [5.74, 6) is -0.460. The van der Waals surface area contributed by atoms with Crippen LogP contribution in [-0.2, 0) is 9.59 Å². The lowest BCUT2D eigenvalue weighted by Crippen LogP contribution is -2.50. The third-order valence-corrected chi connectivity index (χ3v) is 5.89. The maximum atomic E-state index is 13.2. The zero-order chi connectivity index (χ0) is 20.5. The topological polar surface area (TPSA) is 78.5 Å². The number of imide groups is 1. The molecular weight excluding hydrogens is 361 g/mol. The lowest BCUT2D eigenvalue weighted by Gasteiger charge is -2.33. The van der Waals surface area contributed by atoms with Crippen molar-refractivity contribution in [3.63, 3.8) is 0 Å². The molecule has 2 fully saturated rings. The van der Waals surface area contributed by atoms with E-state index >= 15 is 0 Å². The highest BCUT2D eigenvalue weighted by molar-refractivity contribution is 6.09. The maximum Gasteiger partial charge on any atom is 0.325 e. The van der Waals surface area contributed by atoms with E-state index in [4.69, 9.17) is 0 Å². The Bertz CT molecular complexity index is 755. The summed E-state index contributed by atoms with van der Waals surface area (Å²) in [6.45, 7) is 5.72. The smallest absolute Gasteiger partial charge is 0.325 e. The van der Waals surface area contributed by atoms with Crippen molar-refractivity contribution >= 4 is 17.8 Å². The fourth-order valence-corrected chi connectivity index (χ4v) is 4.08. The van der Waals surface area contributed by atoms with Gasteiger partial charge in [-0.3, -0.25) is 14.5 Å². The maximum absolute atomic E-state index is 13.2. The van der Waals surface area contributed by atoms with Crippen LogP contribution >= 0.6 is 0 Å². The fraction of sp³-hybridized carbons (Fsp3) is 0.571. The number of hydrogen-bond acceptors (Lipinski definition) is 3. The van der Waals surface area contributed by atoms with Crippen LogP contribution in [0.4, 0.5) is 9.18 Å². The van der Waals surface area contributed by atoms with Crippen LogP contribution in [-0.4, -0.2) is 34.8 Å².